The lowest BCUT2D eigenvalue weighted by Gasteiger charge is -2.36. The van der Waals surface area contributed by atoms with Gasteiger partial charge in [-0.3, -0.25) is 5.32 Å². The summed E-state index contributed by atoms with van der Waals surface area (Å²) < 4.78 is 24.3. The van der Waals surface area contributed by atoms with Crippen molar-refractivity contribution in [3.63, 3.8) is 0 Å². The fraction of sp³-hybridized carbons (Fsp3) is 0.189. The van der Waals surface area contributed by atoms with Gasteiger partial charge in [0.15, 0.2) is 12.1 Å². The topological polar surface area (TPSA) is 103 Å². The van der Waals surface area contributed by atoms with Crippen molar-refractivity contribution in [1.29, 1.82) is 0 Å². The Kier molecular flexibility index (Phi) is 10.3. The van der Waals surface area contributed by atoms with Crippen molar-refractivity contribution in [2.75, 3.05) is 17.7 Å². The molecule has 0 bridgehead atoms. The first kappa shape index (κ1) is 31.3. The second-order valence-corrected chi connectivity index (χ2v) is 11.7. The third-order valence-corrected chi connectivity index (χ3v) is 8.42. The van der Waals surface area contributed by atoms with Gasteiger partial charge in [-0.05, 0) is 23.3 Å². The van der Waals surface area contributed by atoms with Gasteiger partial charge in [-0.25, -0.2) is 9.78 Å². The van der Waals surface area contributed by atoms with Gasteiger partial charge in [0.05, 0.1) is 18.8 Å². The van der Waals surface area contributed by atoms with E-state index in [1.54, 1.807) is 12.1 Å². The number of hydrogen-bond donors (Lipinski definition) is 2. The number of aliphatic hydroxyl groups is 1. The lowest BCUT2D eigenvalue weighted by Crippen LogP contribution is -2.31. The zero-order valence-corrected chi connectivity index (χ0v) is 25.9. The van der Waals surface area contributed by atoms with Gasteiger partial charge in [0.2, 0.25) is 0 Å². The van der Waals surface area contributed by atoms with Gasteiger partial charge in [0, 0.05) is 34.6 Å². The molecule has 1 aliphatic rings. The van der Waals surface area contributed by atoms with Crippen molar-refractivity contribution in [1.82, 2.24) is 4.98 Å². The van der Waals surface area contributed by atoms with E-state index in [0.717, 1.165) is 39.3 Å². The molecule has 5 aromatic rings. The van der Waals surface area contributed by atoms with E-state index >= 15 is 0 Å². The fourth-order valence-corrected chi connectivity index (χ4v) is 5.98. The lowest BCUT2D eigenvalue weighted by atomic mass is 10.0. The maximum absolute atomic E-state index is 12.0. The van der Waals surface area contributed by atoms with Crippen LogP contribution in [0.15, 0.2) is 131 Å². The molecule has 46 heavy (non-hydrogen) atoms. The summed E-state index contributed by atoms with van der Waals surface area (Å²) in [6, 6.07) is 35.1. The van der Waals surface area contributed by atoms with Crippen molar-refractivity contribution in [3.8, 4) is 22.6 Å². The number of aliphatic hydroxyl groups excluding tert-OH is 1. The Morgan fingerprint density at radius 3 is 2.26 bits per heavy atom. The first-order valence-electron chi connectivity index (χ1n) is 15.0. The SMILES string of the molecule is C=CCOC(=O)Nc1ccc([C@@H]2O[C@H](CSc3nc(-c4ccccc4)c(-c4ccccc4)o3)C[C@H](c3ccc(CO)cc3)O2)cc1. The van der Waals surface area contributed by atoms with E-state index in [1.165, 1.54) is 17.8 Å². The van der Waals surface area contributed by atoms with E-state index in [2.05, 4.69) is 11.9 Å². The van der Waals surface area contributed by atoms with Crippen LogP contribution in [0.1, 0.15) is 35.5 Å². The minimum Gasteiger partial charge on any atom is -0.445 e. The molecule has 6 rings (SSSR count). The fourth-order valence-electron chi connectivity index (χ4n) is 5.14. The number of oxazole rings is 1. The van der Waals surface area contributed by atoms with Crippen LogP contribution in [0, 0.1) is 0 Å². The summed E-state index contributed by atoms with van der Waals surface area (Å²) >= 11 is 1.51. The van der Waals surface area contributed by atoms with Gasteiger partial charge in [-0.2, -0.15) is 0 Å². The van der Waals surface area contributed by atoms with Gasteiger partial charge in [-0.15, -0.1) is 0 Å². The number of hydrogen-bond acceptors (Lipinski definition) is 8. The molecule has 1 aromatic heterocycles. The third kappa shape index (κ3) is 7.75. The van der Waals surface area contributed by atoms with Crippen molar-refractivity contribution >= 4 is 23.5 Å². The van der Waals surface area contributed by atoms with Gasteiger partial charge in [0.25, 0.3) is 5.22 Å². The highest BCUT2D eigenvalue weighted by atomic mass is 32.2. The zero-order chi connectivity index (χ0) is 31.7. The summed E-state index contributed by atoms with van der Waals surface area (Å²) in [5.74, 6) is 1.31. The minimum absolute atomic E-state index is 0.0234. The quantitative estimate of drug-likeness (QED) is 0.110. The summed E-state index contributed by atoms with van der Waals surface area (Å²) in [5, 5.41) is 12.8. The average Bonchev–Trinajstić information content (AvgIpc) is 3.55. The number of nitrogens with zero attached hydrogens (tertiary/aromatic N) is 1. The Labute approximate surface area is 272 Å². The second-order valence-electron chi connectivity index (χ2n) is 10.7. The summed E-state index contributed by atoms with van der Waals surface area (Å²) in [6.07, 6.45) is 0.494. The molecular formula is C37H34N2O6S. The smallest absolute Gasteiger partial charge is 0.411 e. The maximum atomic E-state index is 12.0. The van der Waals surface area contributed by atoms with Crippen LogP contribution in [0.5, 0.6) is 0 Å². The molecule has 2 N–H and O–H groups in total. The predicted octanol–water partition coefficient (Wildman–Crippen LogP) is 8.57. The molecule has 1 saturated heterocycles. The molecular weight excluding hydrogens is 600 g/mol. The standard InChI is InChI=1S/C37H34N2O6S/c1-2-21-42-36(41)38-30-19-17-29(18-20-30)35-43-31(22-32(44-35)26-15-13-25(23-40)14-16-26)24-46-37-39-33(27-9-5-3-6-10-27)34(45-37)28-11-7-4-8-12-28/h2-20,31-32,35,40H,1,21-24H2,(H,38,41)/t31-,32+,35+/m0/s1. The van der Waals surface area contributed by atoms with E-state index < -0.39 is 12.4 Å². The number of carbonyl (C=O) groups excluding carboxylic acids is 1. The summed E-state index contributed by atoms with van der Waals surface area (Å²) in [4.78, 5) is 16.9. The van der Waals surface area contributed by atoms with Crippen molar-refractivity contribution in [3.05, 3.63) is 139 Å². The number of carbonyl (C=O) groups is 1. The Morgan fingerprint density at radius 2 is 1.59 bits per heavy atom. The number of ether oxygens (including phenoxy) is 3. The Morgan fingerprint density at radius 1 is 0.913 bits per heavy atom. The van der Waals surface area contributed by atoms with Crippen LogP contribution >= 0.6 is 11.8 Å². The highest BCUT2D eigenvalue weighted by Gasteiger charge is 2.33. The lowest BCUT2D eigenvalue weighted by molar-refractivity contribution is -0.245. The first-order chi connectivity index (χ1) is 22.6. The van der Waals surface area contributed by atoms with Crippen LogP contribution in [0.4, 0.5) is 10.5 Å². The van der Waals surface area contributed by atoms with Crippen LogP contribution in [-0.4, -0.2) is 34.6 Å². The van der Waals surface area contributed by atoms with E-state index in [0.29, 0.717) is 23.1 Å². The van der Waals surface area contributed by atoms with Gasteiger partial charge >= 0.3 is 6.09 Å². The highest BCUT2D eigenvalue weighted by Crippen LogP contribution is 2.41. The number of rotatable bonds is 11. The molecule has 2 heterocycles. The molecule has 3 atom stereocenters. The molecule has 0 saturated carbocycles. The molecule has 0 aliphatic carbocycles. The van der Waals surface area contributed by atoms with Crippen molar-refractivity contribution in [2.45, 2.75) is 36.7 Å². The molecule has 1 amide bonds. The maximum Gasteiger partial charge on any atom is 0.411 e. The molecule has 0 unspecified atom stereocenters. The van der Waals surface area contributed by atoms with Gasteiger partial charge < -0.3 is 23.7 Å². The number of amides is 1. The van der Waals surface area contributed by atoms with Crippen LogP contribution < -0.4 is 5.32 Å². The van der Waals surface area contributed by atoms with Crippen LogP contribution in [0.25, 0.3) is 22.6 Å². The van der Waals surface area contributed by atoms with Crippen LogP contribution in [0.3, 0.4) is 0 Å². The molecule has 4 aromatic carbocycles. The molecule has 1 aliphatic heterocycles. The molecule has 0 spiro atoms. The van der Waals surface area contributed by atoms with Crippen LogP contribution in [0.2, 0.25) is 0 Å². The summed E-state index contributed by atoms with van der Waals surface area (Å²) in [7, 11) is 0. The van der Waals surface area contributed by atoms with E-state index in [4.69, 9.17) is 23.6 Å². The Bertz CT molecular complexity index is 1670. The van der Waals surface area contributed by atoms with Crippen molar-refractivity contribution < 1.29 is 28.5 Å². The van der Waals surface area contributed by atoms with E-state index in [9.17, 15) is 9.90 Å². The number of benzene rings is 4. The number of anilines is 1. The van der Waals surface area contributed by atoms with Gasteiger partial charge in [-0.1, -0.05) is 121 Å². The van der Waals surface area contributed by atoms with Crippen LogP contribution in [-0.2, 0) is 20.8 Å². The summed E-state index contributed by atoms with van der Waals surface area (Å²) in [6.45, 7) is 3.66. The third-order valence-electron chi connectivity index (χ3n) is 7.46. The molecule has 0 radical (unpaired) electrons. The number of aromatic nitrogens is 1. The van der Waals surface area contributed by atoms with E-state index in [1.807, 2.05) is 97.1 Å². The minimum atomic E-state index is -0.645. The van der Waals surface area contributed by atoms with E-state index in [-0.39, 0.29) is 25.4 Å². The Balaban J connectivity index is 1.21. The predicted molar refractivity (Wildman–Crippen MR) is 178 cm³/mol. The summed E-state index contributed by atoms with van der Waals surface area (Å²) in [5.41, 5.74) is 5.97. The van der Waals surface area contributed by atoms with Gasteiger partial charge in [0.1, 0.15) is 12.3 Å². The van der Waals surface area contributed by atoms with Crippen molar-refractivity contribution in [2.24, 2.45) is 0 Å². The largest absolute Gasteiger partial charge is 0.445 e. The zero-order valence-electron chi connectivity index (χ0n) is 25.1. The molecule has 9 heteroatoms. The Hall–Kier alpha value is -4.67. The number of thioether (sulfide) groups is 1. The molecule has 8 nitrogen and oxygen atoms in total. The normalized spacial score (nSPS) is 17.7. The highest BCUT2D eigenvalue weighted by molar-refractivity contribution is 7.99. The second kappa shape index (κ2) is 15.1. The first-order valence-corrected chi connectivity index (χ1v) is 16.0. The monoisotopic (exact) mass is 634 g/mol. The number of nitrogens with one attached hydrogen (secondary N) is 1. The molecule has 234 valence electrons. The molecule has 1 fully saturated rings. The average molecular weight is 635 g/mol.